The van der Waals surface area contributed by atoms with Crippen molar-refractivity contribution >= 4 is 46.2 Å². The quantitative estimate of drug-likeness (QED) is 0.0994. The van der Waals surface area contributed by atoms with Crippen LogP contribution in [0.2, 0.25) is 0 Å². The predicted octanol–water partition coefficient (Wildman–Crippen LogP) is 11.1. The zero-order valence-corrected chi connectivity index (χ0v) is 31.5. The fourth-order valence-electron chi connectivity index (χ4n) is 8.14. The Morgan fingerprint density at radius 1 is 0.379 bits per heavy atom. The first-order chi connectivity index (χ1) is 28.1. The summed E-state index contributed by atoms with van der Waals surface area (Å²) in [4.78, 5) is 47.8. The van der Waals surface area contributed by atoms with Gasteiger partial charge in [0.05, 0.1) is 33.9 Å². The SMILES string of the molecule is O=C1OC(=O)c2cc3c(cc21)-c1nc-3c(-c2ccccc2)c2ccc([n-]2)c(-c2ccccc2)c2nc(c(-c3ccccc3)c3ccc([n-]3)c1-c1ccccc1)C=C2.[Ni+2]. The summed E-state index contributed by atoms with van der Waals surface area (Å²) in [5.41, 5.74) is 14.5. The van der Waals surface area contributed by atoms with Crippen molar-refractivity contribution in [3.05, 3.63) is 180 Å². The summed E-state index contributed by atoms with van der Waals surface area (Å²) < 4.78 is 5.14. The molecule has 7 nitrogen and oxygen atoms in total. The molecule has 276 valence electrons. The van der Waals surface area contributed by atoms with Crippen LogP contribution in [0.25, 0.3) is 101 Å². The summed E-state index contributed by atoms with van der Waals surface area (Å²) in [5.74, 6) is -1.36. The summed E-state index contributed by atoms with van der Waals surface area (Å²) in [6.45, 7) is 0. The predicted molar refractivity (Wildman–Crippen MR) is 224 cm³/mol. The van der Waals surface area contributed by atoms with Gasteiger partial charge in [0.25, 0.3) is 0 Å². The molecule has 0 atom stereocenters. The molecule has 0 spiro atoms. The van der Waals surface area contributed by atoms with Gasteiger partial charge in [-0.25, -0.2) is 19.6 Å². The topological polar surface area (TPSA) is 97.4 Å². The summed E-state index contributed by atoms with van der Waals surface area (Å²) >= 11 is 0. The van der Waals surface area contributed by atoms with E-state index in [1.54, 1.807) is 12.1 Å². The van der Waals surface area contributed by atoms with E-state index in [0.29, 0.717) is 33.5 Å². The van der Waals surface area contributed by atoms with E-state index in [4.69, 9.17) is 24.7 Å². The number of cyclic esters (lactones) is 2. The number of hydrogen-bond acceptors (Lipinski definition) is 5. The van der Waals surface area contributed by atoms with Crippen LogP contribution in [0.4, 0.5) is 0 Å². The molecule has 0 aliphatic carbocycles. The van der Waals surface area contributed by atoms with Gasteiger partial charge < -0.3 is 14.7 Å². The Bertz CT molecular complexity index is 2960. The first-order valence-electron chi connectivity index (χ1n) is 18.6. The van der Waals surface area contributed by atoms with Crippen molar-refractivity contribution in [3.8, 4) is 67.0 Å². The van der Waals surface area contributed by atoms with Crippen molar-refractivity contribution in [2.24, 2.45) is 0 Å². The first-order valence-corrected chi connectivity index (χ1v) is 18.6. The van der Waals surface area contributed by atoms with Gasteiger partial charge in [0.15, 0.2) is 0 Å². The Labute approximate surface area is 342 Å². The number of fused-ring (bicyclic) bond motifs is 12. The molecule has 0 radical (unpaired) electrons. The van der Waals surface area contributed by atoms with Crippen LogP contribution in [0.15, 0.2) is 158 Å². The minimum Gasteiger partial charge on any atom is -0.657 e. The molecular weight excluding hydrogens is 763 g/mol. The van der Waals surface area contributed by atoms with E-state index in [2.05, 4.69) is 36.4 Å². The van der Waals surface area contributed by atoms with E-state index in [-0.39, 0.29) is 27.6 Å². The number of carbonyl (C=O) groups excluding carboxylic acids is 2. The van der Waals surface area contributed by atoms with Crippen molar-refractivity contribution in [3.63, 3.8) is 0 Å². The second-order valence-corrected chi connectivity index (χ2v) is 14.0. The van der Waals surface area contributed by atoms with Gasteiger partial charge in [-0.1, -0.05) is 146 Å². The van der Waals surface area contributed by atoms with Crippen LogP contribution >= 0.6 is 0 Å². The van der Waals surface area contributed by atoms with Crippen LogP contribution in [0.5, 0.6) is 0 Å². The third-order valence-electron chi connectivity index (χ3n) is 10.7. The second kappa shape index (κ2) is 14.0. The summed E-state index contributed by atoms with van der Waals surface area (Å²) in [6, 6.07) is 52.0. The molecule has 0 N–H and O–H groups in total. The van der Waals surface area contributed by atoms with Crippen molar-refractivity contribution in [1.82, 2.24) is 19.9 Å². The smallest absolute Gasteiger partial charge is 0.657 e. The van der Waals surface area contributed by atoms with Crippen LogP contribution in [-0.4, -0.2) is 21.9 Å². The molecule has 8 aromatic rings. The van der Waals surface area contributed by atoms with Gasteiger partial charge in [0, 0.05) is 11.1 Å². The molecule has 0 amide bonds. The zero-order chi connectivity index (χ0) is 38.0. The average Bonchev–Trinajstić information content (AvgIpc) is 4.11. The average molecular weight is 791 g/mol. The second-order valence-electron chi connectivity index (χ2n) is 14.0. The molecule has 0 saturated carbocycles. The molecule has 58 heavy (non-hydrogen) atoms. The van der Waals surface area contributed by atoms with Crippen LogP contribution in [0.1, 0.15) is 32.1 Å². The normalized spacial score (nSPS) is 12.5. The van der Waals surface area contributed by atoms with Gasteiger partial charge in [-0.2, -0.15) is 0 Å². The Balaban J connectivity index is 0.00000408. The fourth-order valence-corrected chi connectivity index (χ4v) is 8.14. The van der Waals surface area contributed by atoms with Gasteiger partial charge in [-0.3, -0.25) is 0 Å². The third kappa shape index (κ3) is 5.65. The Morgan fingerprint density at radius 2 is 0.707 bits per heavy atom. The molecule has 3 aromatic heterocycles. The Kier molecular flexibility index (Phi) is 8.43. The van der Waals surface area contributed by atoms with Crippen molar-refractivity contribution < 1.29 is 30.8 Å². The van der Waals surface area contributed by atoms with Gasteiger partial charge in [0.1, 0.15) is 0 Å². The maximum absolute atomic E-state index is 13.1. The number of aromatic nitrogens is 4. The van der Waals surface area contributed by atoms with Crippen LogP contribution in [0.3, 0.4) is 0 Å². The maximum Gasteiger partial charge on any atom is 2.00 e. The number of benzene rings is 5. The largest absolute Gasteiger partial charge is 2.00 e. The minimum atomic E-state index is -0.680. The van der Waals surface area contributed by atoms with E-state index in [1.165, 1.54) is 0 Å². The van der Waals surface area contributed by atoms with Gasteiger partial charge >= 0.3 is 28.4 Å². The summed E-state index contributed by atoms with van der Waals surface area (Å²) in [7, 11) is 0. The van der Waals surface area contributed by atoms with E-state index in [1.807, 2.05) is 121 Å². The van der Waals surface area contributed by atoms with Crippen LogP contribution < -0.4 is 9.97 Å². The number of rotatable bonds is 4. The molecule has 0 fully saturated rings. The third-order valence-corrected chi connectivity index (χ3v) is 10.7. The molecule has 5 aromatic carbocycles. The molecular formula is C50H28N4NiO3. The molecule has 11 rings (SSSR count). The minimum absolute atomic E-state index is 0. The Morgan fingerprint density at radius 3 is 1.07 bits per heavy atom. The number of hydrogen-bond donors (Lipinski definition) is 0. The molecule has 3 aliphatic heterocycles. The van der Waals surface area contributed by atoms with Crippen LogP contribution in [0, 0.1) is 0 Å². The molecule has 8 heteroatoms. The van der Waals surface area contributed by atoms with Gasteiger partial charge in [-0.15, -0.1) is 22.1 Å². The number of ether oxygens (including phenoxy) is 1. The Hall–Kier alpha value is -7.41. The van der Waals surface area contributed by atoms with E-state index in [9.17, 15) is 9.59 Å². The first kappa shape index (κ1) is 35.0. The standard InChI is InChI=1S/C50H30N4O3.Ni/c55-49-35-27-33-34(28-36(35)50(56)57-49)48-46(32-19-11-4-12-20-32)42-26-24-40(53-42)44(30-15-7-2-8-16-30)38-22-21-37(51-38)43(29-13-5-1-6-14-29)39-23-25-41(52-39)45(47(33)54-48)31-17-9-3-10-18-31;/h1-28H,(H2,51,52,53,54,55,56);/q;+2/p-2. The van der Waals surface area contributed by atoms with Crippen LogP contribution in [-0.2, 0) is 21.2 Å². The fraction of sp³-hybridized carbons (Fsp3) is 0. The van der Waals surface area contributed by atoms with E-state index < -0.39 is 11.9 Å². The van der Waals surface area contributed by atoms with Crippen molar-refractivity contribution in [2.45, 2.75) is 0 Å². The molecule has 8 bridgehead atoms. The number of esters is 2. The van der Waals surface area contributed by atoms with Crippen molar-refractivity contribution in [2.75, 3.05) is 0 Å². The molecule has 0 saturated heterocycles. The van der Waals surface area contributed by atoms with Crippen molar-refractivity contribution in [1.29, 1.82) is 0 Å². The number of carbonyl (C=O) groups is 2. The molecule has 6 heterocycles. The molecule has 3 aliphatic rings. The molecule has 0 unspecified atom stereocenters. The zero-order valence-electron chi connectivity index (χ0n) is 30.5. The summed E-state index contributed by atoms with van der Waals surface area (Å²) in [6.07, 6.45) is 4.11. The monoisotopic (exact) mass is 790 g/mol. The van der Waals surface area contributed by atoms with E-state index >= 15 is 0 Å². The maximum atomic E-state index is 13.1. The van der Waals surface area contributed by atoms with Gasteiger partial charge in [-0.05, 0) is 68.8 Å². The van der Waals surface area contributed by atoms with E-state index in [0.717, 1.165) is 66.9 Å². The number of nitrogens with zero attached hydrogens (tertiary/aromatic N) is 4. The van der Waals surface area contributed by atoms with Gasteiger partial charge in [0.2, 0.25) is 0 Å². The summed E-state index contributed by atoms with van der Waals surface area (Å²) in [5, 5.41) is 0.